The Kier molecular flexibility index (Phi) is 4.59. The molecule has 4 rings (SSSR count). The van der Waals surface area contributed by atoms with E-state index in [1.807, 2.05) is 48.5 Å². The van der Waals surface area contributed by atoms with Crippen molar-refractivity contribution >= 4 is 17.2 Å². The summed E-state index contributed by atoms with van der Waals surface area (Å²) >= 11 is 1.57. The van der Waals surface area contributed by atoms with Gasteiger partial charge in [0.2, 0.25) is 0 Å². The normalized spacial score (nSPS) is 17.5. The Morgan fingerprint density at radius 1 is 1.23 bits per heavy atom. The molecule has 0 saturated carbocycles. The second-order valence-electron chi connectivity index (χ2n) is 6.79. The number of rotatable bonds is 3. The van der Waals surface area contributed by atoms with Crippen molar-refractivity contribution < 1.29 is 4.79 Å². The standard InChI is InChI=1S/C20H22N4OS/c1-14-11-22-19(16-5-3-9-21-12-16)24(14)17-6-4-10-23(13-17)20(25)18-8-7-15(2)26-18/h3,5,7-9,11-12,17H,4,6,10,13H2,1-2H3. The summed E-state index contributed by atoms with van der Waals surface area (Å²) in [6.07, 6.45) is 7.58. The Morgan fingerprint density at radius 2 is 2.12 bits per heavy atom. The van der Waals surface area contributed by atoms with Crippen molar-refractivity contribution in [3.05, 3.63) is 58.3 Å². The van der Waals surface area contributed by atoms with Crippen LogP contribution in [0, 0.1) is 13.8 Å². The third-order valence-corrected chi connectivity index (χ3v) is 5.89. The Morgan fingerprint density at radius 3 is 2.85 bits per heavy atom. The van der Waals surface area contributed by atoms with Crippen LogP contribution in [0.15, 0.2) is 42.9 Å². The number of carbonyl (C=O) groups excluding carboxylic acids is 1. The van der Waals surface area contributed by atoms with E-state index in [-0.39, 0.29) is 11.9 Å². The summed E-state index contributed by atoms with van der Waals surface area (Å²) in [5.74, 6) is 1.08. The first-order valence-electron chi connectivity index (χ1n) is 8.93. The van der Waals surface area contributed by atoms with Gasteiger partial charge in [0.15, 0.2) is 0 Å². The van der Waals surface area contributed by atoms with Crippen molar-refractivity contribution in [2.24, 2.45) is 0 Å². The zero-order chi connectivity index (χ0) is 18.1. The van der Waals surface area contributed by atoms with E-state index in [4.69, 9.17) is 0 Å². The van der Waals surface area contributed by atoms with Gasteiger partial charge in [0, 0.05) is 47.8 Å². The molecule has 1 aliphatic rings. The number of nitrogens with zero attached hydrogens (tertiary/aromatic N) is 4. The van der Waals surface area contributed by atoms with Gasteiger partial charge in [0.05, 0.1) is 10.9 Å². The van der Waals surface area contributed by atoms with E-state index >= 15 is 0 Å². The maximum Gasteiger partial charge on any atom is 0.263 e. The maximum atomic E-state index is 12.9. The van der Waals surface area contributed by atoms with Crippen LogP contribution in [0.2, 0.25) is 0 Å². The molecule has 1 saturated heterocycles. The Labute approximate surface area is 157 Å². The van der Waals surface area contributed by atoms with Crippen LogP contribution in [-0.4, -0.2) is 38.4 Å². The molecule has 1 amide bonds. The maximum absolute atomic E-state index is 12.9. The summed E-state index contributed by atoms with van der Waals surface area (Å²) in [5.41, 5.74) is 2.13. The minimum atomic E-state index is 0.147. The molecule has 0 N–H and O–H groups in total. The van der Waals surface area contributed by atoms with Crippen LogP contribution in [0.4, 0.5) is 0 Å². The second kappa shape index (κ2) is 7.03. The molecule has 0 radical (unpaired) electrons. The van der Waals surface area contributed by atoms with Crippen molar-refractivity contribution in [3.63, 3.8) is 0 Å². The number of aryl methyl sites for hydroxylation is 2. The van der Waals surface area contributed by atoms with Crippen LogP contribution >= 0.6 is 11.3 Å². The molecule has 1 unspecified atom stereocenters. The highest BCUT2D eigenvalue weighted by Gasteiger charge is 2.28. The van der Waals surface area contributed by atoms with E-state index in [0.29, 0.717) is 0 Å². The van der Waals surface area contributed by atoms with Gasteiger partial charge in [-0.05, 0) is 51.0 Å². The molecule has 134 valence electrons. The van der Waals surface area contributed by atoms with E-state index in [1.54, 1.807) is 17.5 Å². The number of likely N-dealkylation sites (tertiary alicyclic amines) is 1. The van der Waals surface area contributed by atoms with Gasteiger partial charge in [-0.15, -0.1) is 11.3 Å². The fourth-order valence-electron chi connectivity index (χ4n) is 3.67. The number of thiophene rings is 1. The van der Waals surface area contributed by atoms with Crippen LogP contribution in [0.25, 0.3) is 11.4 Å². The minimum Gasteiger partial charge on any atom is -0.336 e. The topological polar surface area (TPSA) is 51.0 Å². The number of pyridine rings is 1. The highest BCUT2D eigenvalue weighted by Crippen LogP contribution is 2.30. The molecule has 3 aromatic heterocycles. The summed E-state index contributed by atoms with van der Waals surface area (Å²) in [6.45, 7) is 5.66. The number of piperidine rings is 1. The third kappa shape index (κ3) is 3.17. The first kappa shape index (κ1) is 17.0. The molecule has 1 fully saturated rings. The molecule has 0 bridgehead atoms. The average Bonchev–Trinajstić information content (AvgIpc) is 3.28. The van der Waals surface area contributed by atoms with E-state index in [0.717, 1.165) is 47.9 Å². The smallest absolute Gasteiger partial charge is 0.263 e. The molecule has 26 heavy (non-hydrogen) atoms. The van der Waals surface area contributed by atoms with E-state index in [9.17, 15) is 4.79 Å². The van der Waals surface area contributed by atoms with Gasteiger partial charge in [-0.2, -0.15) is 0 Å². The molecule has 1 aliphatic heterocycles. The molecule has 0 aromatic carbocycles. The number of hydrogen-bond donors (Lipinski definition) is 0. The van der Waals surface area contributed by atoms with Crippen molar-refractivity contribution in [1.82, 2.24) is 19.4 Å². The van der Waals surface area contributed by atoms with Crippen LogP contribution in [0.1, 0.15) is 39.1 Å². The van der Waals surface area contributed by atoms with Gasteiger partial charge in [-0.1, -0.05) is 0 Å². The molecular weight excluding hydrogens is 344 g/mol. The molecule has 0 spiro atoms. The van der Waals surface area contributed by atoms with Gasteiger partial charge in [-0.3, -0.25) is 9.78 Å². The largest absolute Gasteiger partial charge is 0.336 e. The molecular formula is C20H22N4OS. The Hall–Kier alpha value is -2.47. The number of amides is 1. The van der Waals surface area contributed by atoms with Gasteiger partial charge >= 0.3 is 0 Å². The van der Waals surface area contributed by atoms with Crippen molar-refractivity contribution in [2.45, 2.75) is 32.7 Å². The molecule has 1 atom stereocenters. The predicted octanol–water partition coefficient (Wildman–Crippen LogP) is 4.10. The van der Waals surface area contributed by atoms with Crippen LogP contribution in [0.3, 0.4) is 0 Å². The summed E-state index contributed by atoms with van der Waals surface area (Å²) in [6, 6.07) is 8.16. The van der Waals surface area contributed by atoms with E-state index in [1.165, 1.54) is 4.88 Å². The fraction of sp³-hybridized carbons (Fsp3) is 0.350. The number of aromatic nitrogens is 3. The highest BCUT2D eigenvalue weighted by molar-refractivity contribution is 7.13. The van der Waals surface area contributed by atoms with Crippen molar-refractivity contribution in [1.29, 1.82) is 0 Å². The van der Waals surface area contributed by atoms with Gasteiger partial charge < -0.3 is 9.47 Å². The van der Waals surface area contributed by atoms with Crippen molar-refractivity contribution in [3.8, 4) is 11.4 Å². The molecule has 5 nitrogen and oxygen atoms in total. The average molecular weight is 366 g/mol. The first-order chi connectivity index (χ1) is 12.6. The van der Waals surface area contributed by atoms with Gasteiger partial charge in [0.1, 0.15) is 5.82 Å². The third-order valence-electron chi connectivity index (χ3n) is 4.90. The summed E-state index contributed by atoms with van der Waals surface area (Å²) in [4.78, 5) is 25.7. The van der Waals surface area contributed by atoms with Gasteiger partial charge in [-0.25, -0.2) is 4.98 Å². The van der Waals surface area contributed by atoms with Crippen LogP contribution in [0.5, 0.6) is 0 Å². The lowest BCUT2D eigenvalue weighted by molar-refractivity contribution is 0.0684. The number of imidazole rings is 1. The van der Waals surface area contributed by atoms with Crippen LogP contribution in [-0.2, 0) is 0 Å². The minimum absolute atomic E-state index is 0.147. The lowest BCUT2D eigenvalue weighted by Crippen LogP contribution is -2.40. The SMILES string of the molecule is Cc1ccc(C(=O)N2CCCC(n3c(C)cnc3-c3cccnc3)C2)s1. The Bertz CT molecular complexity index is 915. The molecule has 6 heteroatoms. The molecule has 0 aliphatic carbocycles. The van der Waals surface area contributed by atoms with Crippen molar-refractivity contribution in [2.75, 3.05) is 13.1 Å². The Balaban J connectivity index is 1.61. The lowest BCUT2D eigenvalue weighted by atomic mass is 10.0. The molecule has 4 heterocycles. The monoisotopic (exact) mass is 366 g/mol. The number of hydrogen-bond acceptors (Lipinski definition) is 4. The lowest BCUT2D eigenvalue weighted by Gasteiger charge is -2.34. The quantitative estimate of drug-likeness (QED) is 0.701. The predicted molar refractivity (Wildman–Crippen MR) is 103 cm³/mol. The van der Waals surface area contributed by atoms with E-state index < -0.39 is 0 Å². The highest BCUT2D eigenvalue weighted by atomic mass is 32.1. The summed E-state index contributed by atoms with van der Waals surface area (Å²) < 4.78 is 2.27. The van der Waals surface area contributed by atoms with Gasteiger partial charge in [0.25, 0.3) is 5.91 Å². The summed E-state index contributed by atoms with van der Waals surface area (Å²) in [5, 5.41) is 0. The second-order valence-corrected chi connectivity index (χ2v) is 8.08. The van der Waals surface area contributed by atoms with Crippen LogP contribution < -0.4 is 0 Å². The summed E-state index contributed by atoms with van der Waals surface area (Å²) in [7, 11) is 0. The molecule has 3 aromatic rings. The fourth-order valence-corrected chi connectivity index (χ4v) is 4.51. The number of carbonyl (C=O) groups is 1. The zero-order valence-electron chi connectivity index (χ0n) is 15.1. The zero-order valence-corrected chi connectivity index (χ0v) is 15.9. The first-order valence-corrected chi connectivity index (χ1v) is 9.75. The van der Waals surface area contributed by atoms with E-state index in [2.05, 4.69) is 21.5 Å².